The van der Waals surface area contributed by atoms with Crippen LogP contribution in [-0.4, -0.2) is 11.7 Å². The van der Waals surface area contributed by atoms with E-state index in [0.29, 0.717) is 22.2 Å². The summed E-state index contributed by atoms with van der Waals surface area (Å²) in [6.45, 7) is 2.03. The molecule has 0 atom stereocenters. The zero-order valence-corrected chi connectivity index (χ0v) is 12.6. The van der Waals surface area contributed by atoms with Gasteiger partial charge in [0.05, 0.1) is 16.5 Å². The number of benzene rings is 2. The smallest absolute Gasteiger partial charge is 0.234 e. The van der Waals surface area contributed by atoms with Crippen molar-refractivity contribution in [1.82, 2.24) is 0 Å². The SMILES string of the molecule is Cc1ccc(SCC(=O)Nc2ccc(Cl)c(N)c2)cc1. The molecule has 20 heavy (non-hydrogen) atoms. The first-order valence-electron chi connectivity index (χ1n) is 6.09. The van der Waals surface area contributed by atoms with Gasteiger partial charge in [0.15, 0.2) is 0 Å². The van der Waals surface area contributed by atoms with Gasteiger partial charge in [-0.15, -0.1) is 11.8 Å². The summed E-state index contributed by atoms with van der Waals surface area (Å²) < 4.78 is 0. The van der Waals surface area contributed by atoms with Crippen molar-refractivity contribution in [3.63, 3.8) is 0 Å². The van der Waals surface area contributed by atoms with Crippen LogP contribution < -0.4 is 11.1 Å². The second kappa shape index (κ2) is 6.68. The van der Waals surface area contributed by atoms with Crippen LogP contribution in [0.15, 0.2) is 47.4 Å². The van der Waals surface area contributed by atoms with Gasteiger partial charge in [0, 0.05) is 10.6 Å². The van der Waals surface area contributed by atoms with E-state index >= 15 is 0 Å². The van der Waals surface area contributed by atoms with Crippen LogP contribution in [0.2, 0.25) is 5.02 Å². The number of thioether (sulfide) groups is 1. The molecule has 0 spiro atoms. The normalized spacial score (nSPS) is 10.3. The van der Waals surface area contributed by atoms with Crippen molar-refractivity contribution in [2.75, 3.05) is 16.8 Å². The van der Waals surface area contributed by atoms with E-state index in [4.69, 9.17) is 17.3 Å². The molecule has 3 nitrogen and oxygen atoms in total. The maximum absolute atomic E-state index is 11.8. The Kier molecular flexibility index (Phi) is 4.93. The highest BCUT2D eigenvalue weighted by Crippen LogP contribution is 2.23. The van der Waals surface area contributed by atoms with Crippen LogP contribution in [0.25, 0.3) is 0 Å². The Hall–Kier alpha value is -1.65. The summed E-state index contributed by atoms with van der Waals surface area (Å²) in [5.41, 5.74) is 8.00. The average molecular weight is 307 g/mol. The fraction of sp³-hybridized carbons (Fsp3) is 0.133. The van der Waals surface area contributed by atoms with Crippen molar-refractivity contribution < 1.29 is 4.79 Å². The molecule has 1 amide bonds. The first-order chi connectivity index (χ1) is 9.54. The average Bonchev–Trinajstić information content (AvgIpc) is 2.42. The summed E-state index contributed by atoms with van der Waals surface area (Å²) >= 11 is 7.32. The van der Waals surface area contributed by atoms with Gasteiger partial charge in [-0.25, -0.2) is 0 Å². The van der Waals surface area contributed by atoms with Gasteiger partial charge in [0.1, 0.15) is 0 Å². The quantitative estimate of drug-likeness (QED) is 0.664. The van der Waals surface area contributed by atoms with Crippen LogP contribution in [0.1, 0.15) is 5.56 Å². The van der Waals surface area contributed by atoms with Gasteiger partial charge in [0.2, 0.25) is 5.91 Å². The summed E-state index contributed by atoms with van der Waals surface area (Å²) in [5.74, 6) is 0.281. The van der Waals surface area contributed by atoms with Crippen LogP contribution in [0.3, 0.4) is 0 Å². The summed E-state index contributed by atoms with van der Waals surface area (Å²) in [5, 5.41) is 3.28. The maximum Gasteiger partial charge on any atom is 0.234 e. The van der Waals surface area contributed by atoms with E-state index in [1.54, 1.807) is 18.2 Å². The highest BCUT2D eigenvalue weighted by atomic mass is 35.5. The molecule has 0 aliphatic heterocycles. The molecule has 2 rings (SSSR count). The number of halogens is 1. The minimum Gasteiger partial charge on any atom is -0.397 e. The van der Waals surface area contributed by atoms with Crippen molar-refractivity contribution in [3.05, 3.63) is 53.1 Å². The molecule has 3 N–H and O–H groups in total. The minimum absolute atomic E-state index is 0.0719. The summed E-state index contributed by atoms with van der Waals surface area (Å²) in [6, 6.07) is 13.1. The van der Waals surface area contributed by atoms with Crippen molar-refractivity contribution in [3.8, 4) is 0 Å². The third-order valence-corrected chi connectivity index (χ3v) is 4.03. The number of carbonyl (C=O) groups excluding carboxylic acids is 1. The molecule has 0 saturated carbocycles. The van der Waals surface area contributed by atoms with Gasteiger partial charge < -0.3 is 11.1 Å². The lowest BCUT2D eigenvalue weighted by atomic mass is 10.2. The van der Waals surface area contributed by atoms with Gasteiger partial charge in [-0.3, -0.25) is 4.79 Å². The molecule has 0 fully saturated rings. The van der Waals surface area contributed by atoms with Crippen molar-refractivity contribution in [2.45, 2.75) is 11.8 Å². The van der Waals surface area contributed by atoms with E-state index < -0.39 is 0 Å². The van der Waals surface area contributed by atoms with E-state index in [1.807, 2.05) is 31.2 Å². The number of nitrogens with one attached hydrogen (secondary N) is 1. The lowest BCUT2D eigenvalue weighted by molar-refractivity contribution is -0.113. The van der Waals surface area contributed by atoms with Crippen molar-refractivity contribution in [2.24, 2.45) is 0 Å². The molecule has 0 heterocycles. The predicted octanol–water partition coefficient (Wildman–Crippen LogP) is 3.96. The Balaban J connectivity index is 1.89. The van der Waals surface area contributed by atoms with Gasteiger partial charge >= 0.3 is 0 Å². The molecule has 2 aromatic carbocycles. The Labute approximate surface area is 127 Å². The van der Waals surface area contributed by atoms with Crippen molar-refractivity contribution >= 4 is 40.6 Å². The summed E-state index contributed by atoms with van der Waals surface area (Å²) in [7, 11) is 0. The number of nitrogens with two attached hydrogens (primary N) is 1. The molecule has 5 heteroatoms. The fourth-order valence-corrected chi connectivity index (χ4v) is 2.42. The number of anilines is 2. The molecule has 104 valence electrons. The van der Waals surface area contributed by atoms with E-state index in [2.05, 4.69) is 5.32 Å². The Morgan fingerprint density at radius 2 is 1.95 bits per heavy atom. The molecule has 2 aromatic rings. The number of carbonyl (C=O) groups is 1. The molecule has 0 aliphatic carbocycles. The summed E-state index contributed by atoms with van der Waals surface area (Å²) in [4.78, 5) is 12.9. The monoisotopic (exact) mass is 306 g/mol. The van der Waals surface area contributed by atoms with Gasteiger partial charge in [-0.1, -0.05) is 29.3 Å². The number of hydrogen-bond acceptors (Lipinski definition) is 3. The first kappa shape index (κ1) is 14.8. The Morgan fingerprint density at radius 1 is 1.25 bits per heavy atom. The first-order valence-corrected chi connectivity index (χ1v) is 7.45. The molecule has 0 saturated heterocycles. The Morgan fingerprint density at radius 3 is 2.60 bits per heavy atom. The molecule has 0 unspecified atom stereocenters. The van der Waals surface area contributed by atoms with E-state index in [1.165, 1.54) is 17.3 Å². The maximum atomic E-state index is 11.8. The van der Waals surface area contributed by atoms with Crippen LogP contribution in [0, 0.1) is 6.92 Å². The third kappa shape index (κ3) is 4.18. The van der Waals surface area contributed by atoms with Crippen LogP contribution >= 0.6 is 23.4 Å². The molecule has 0 radical (unpaired) electrons. The van der Waals surface area contributed by atoms with Crippen molar-refractivity contribution in [1.29, 1.82) is 0 Å². The zero-order chi connectivity index (χ0) is 14.5. The highest BCUT2D eigenvalue weighted by Gasteiger charge is 2.05. The van der Waals surface area contributed by atoms with Gasteiger partial charge in [-0.2, -0.15) is 0 Å². The van der Waals surface area contributed by atoms with Crippen LogP contribution in [0.4, 0.5) is 11.4 Å². The largest absolute Gasteiger partial charge is 0.397 e. The number of hydrogen-bond donors (Lipinski definition) is 2. The number of rotatable bonds is 4. The Bertz CT molecular complexity index is 614. The second-order valence-corrected chi connectivity index (χ2v) is 5.84. The third-order valence-electron chi connectivity index (χ3n) is 2.67. The lowest BCUT2D eigenvalue weighted by Gasteiger charge is -2.07. The number of amides is 1. The predicted molar refractivity (Wildman–Crippen MR) is 86.4 cm³/mol. The summed E-state index contributed by atoms with van der Waals surface area (Å²) in [6.07, 6.45) is 0. The second-order valence-electron chi connectivity index (χ2n) is 4.39. The standard InChI is InChI=1S/C15H15ClN2OS/c1-10-2-5-12(6-3-10)20-9-15(19)18-11-4-7-13(16)14(17)8-11/h2-8H,9,17H2,1H3,(H,18,19). The van der Waals surface area contributed by atoms with Gasteiger partial charge in [-0.05, 0) is 37.3 Å². The fourth-order valence-electron chi connectivity index (χ4n) is 1.60. The zero-order valence-electron chi connectivity index (χ0n) is 11.0. The molecule has 0 aliphatic rings. The molecule has 0 bridgehead atoms. The van der Waals surface area contributed by atoms with E-state index in [0.717, 1.165) is 4.90 Å². The number of nitrogen functional groups attached to an aromatic ring is 1. The van der Waals surface area contributed by atoms with E-state index in [9.17, 15) is 4.79 Å². The topological polar surface area (TPSA) is 55.1 Å². The number of aryl methyl sites for hydroxylation is 1. The van der Waals surface area contributed by atoms with Crippen LogP contribution in [-0.2, 0) is 4.79 Å². The minimum atomic E-state index is -0.0719. The van der Waals surface area contributed by atoms with E-state index in [-0.39, 0.29) is 5.91 Å². The van der Waals surface area contributed by atoms with Gasteiger partial charge in [0.25, 0.3) is 0 Å². The molecular weight excluding hydrogens is 292 g/mol. The highest BCUT2D eigenvalue weighted by molar-refractivity contribution is 8.00. The lowest BCUT2D eigenvalue weighted by Crippen LogP contribution is -2.14. The molecular formula is C15H15ClN2OS. The molecule has 0 aromatic heterocycles. The van der Waals surface area contributed by atoms with Crippen LogP contribution in [0.5, 0.6) is 0 Å².